The van der Waals surface area contributed by atoms with Gasteiger partial charge >= 0.3 is 6.03 Å². The first-order chi connectivity index (χ1) is 21.8. The minimum absolute atomic E-state index is 0.00282. The molecule has 2 aliphatic heterocycles. The first-order valence-corrected chi connectivity index (χ1v) is 15.5. The van der Waals surface area contributed by atoms with E-state index in [9.17, 15) is 19.2 Å². The van der Waals surface area contributed by atoms with Crippen LogP contribution in [-0.2, 0) is 20.9 Å². The van der Waals surface area contributed by atoms with E-state index in [4.69, 9.17) is 21.3 Å². The summed E-state index contributed by atoms with van der Waals surface area (Å²) in [6.07, 6.45) is 0.772. The van der Waals surface area contributed by atoms with Crippen LogP contribution in [0.5, 0.6) is 5.88 Å². The van der Waals surface area contributed by atoms with E-state index in [-0.39, 0.29) is 23.9 Å². The second-order valence-electron chi connectivity index (χ2n) is 12.5. The summed E-state index contributed by atoms with van der Waals surface area (Å²) >= 11 is 7.02. The van der Waals surface area contributed by atoms with Gasteiger partial charge in [-0.3, -0.25) is 19.3 Å². The smallest absolute Gasteiger partial charge is 0.326 e. The van der Waals surface area contributed by atoms with Crippen LogP contribution in [0.25, 0.3) is 22.4 Å². The van der Waals surface area contributed by atoms with E-state index in [1.807, 2.05) is 63.2 Å². The fourth-order valence-electron chi connectivity index (χ4n) is 6.01. The van der Waals surface area contributed by atoms with Crippen LogP contribution in [0.15, 0.2) is 48.5 Å². The molecule has 2 fully saturated rings. The fourth-order valence-corrected chi connectivity index (χ4v) is 6.33. The largest absolute Gasteiger partial charge is 0.481 e. The number of ether oxygens (including phenoxy) is 1. The zero-order chi connectivity index (χ0) is 33.3. The van der Waals surface area contributed by atoms with Gasteiger partial charge < -0.3 is 25.6 Å². The Bertz CT molecular complexity index is 1710. The summed E-state index contributed by atoms with van der Waals surface area (Å²) in [5.41, 5.74) is 4.73. The van der Waals surface area contributed by atoms with Crippen LogP contribution in [0.2, 0.25) is 5.02 Å². The summed E-state index contributed by atoms with van der Waals surface area (Å²) in [4.78, 5) is 57.1. The Morgan fingerprint density at radius 1 is 1.07 bits per heavy atom. The number of pyridine rings is 1. The summed E-state index contributed by atoms with van der Waals surface area (Å²) in [6.45, 7) is 6.94. The lowest BCUT2D eigenvalue weighted by atomic mass is 9.90. The average Bonchev–Trinajstić information content (AvgIpc) is 3.29. The number of amides is 5. The first-order valence-electron chi connectivity index (χ1n) is 15.1. The first kappa shape index (κ1) is 32.9. The van der Waals surface area contributed by atoms with Crippen LogP contribution in [0.4, 0.5) is 10.5 Å². The maximum atomic E-state index is 13.2. The molecule has 0 radical (unpaired) electrons. The van der Waals surface area contributed by atoms with Crippen molar-refractivity contribution in [2.24, 2.45) is 11.3 Å². The molecular formula is C34H39ClN6O5. The lowest BCUT2D eigenvalue weighted by Gasteiger charge is -2.33. The molecule has 2 aliphatic rings. The maximum absolute atomic E-state index is 13.2. The van der Waals surface area contributed by atoms with Crippen LogP contribution in [0.3, 0.4) is 0 Å². The van der Waals surface area contributed by atoms with E-state index < -0.39 is 23.8 Å². The van der Waals surface area contributed by atoms with Crippen molar-refractivity contribution >= 4 is 41.0 Å². The van der Waals surface area contributed by atoms with E-state index in [0.29, 0.717) is 40.9 Å². The Morgan fingerprint density at radius 2 is 1.76 bits per heavy atom. The van der Waals surface area contributed by atoms with Crippen molar-refractivity contribution in [2.75, 3.05) is 39.6 Å². The standard InChI is InChI=1S/C34H39ClN6O5/c1-19-22(9-8-12-26(19)38-29(42)25-18-40(4)33(45)41(5)31(25)43)23-10-7-11-24(28(23)35)27-14-13-20(30(39-27)46-6)16-36-17-21-15-34(2,3)32(44)37-21/h7-14,21,25,36H,15-18H2,1-6H3,(H,37,44)(H,38,42)/t21-,25?/m0/s1. The van der Waals surface area contributed by atoms with Gasteiger partial charge in [-0.15, -0.1) is 0 Å². The van der Waals surface area contributed by atoms with Gasteiger partial charge in [0, 0.05) is 67.6 Å². The second kappa shape index (κ2) is 13.1. The second-order valence-corrected chi connectivity index (χ2v) is 12.9. The highest BCUT2D eigenvalue weighted by atomic mass is 35.5. The quantitative estimate of drug-likeness (QED) is 0.292. The number of rotatable bonds is 9. The molecule has 3 N–H and O–H groups in total. The van der Waals surface area contributed by atoms with Gasteiger partial charge in [-0.05, 0) is 36.6 Å². The van der Waals surface area contributed by atoms with Gasteiger partial charge in [-0.25, -0.2) is 9.78 Å². The van der Waals surface area contributed by atoms with Gasteiger partial charge in [0.25, 0.3) is 0 Å². The van der Waals surface area contributed by atoms with Crippen LogP contribution in [0.1, 0.15) is 31.4 Å². The highest BCUT2D eigenvalue weighted by Crippen LogP contribution is 2.39. The van der Waals surface area contributed by atoms with Gasteiger partial charge in [0.1, 0.15) is 5.92 Å². The number of anilines is 1. The summed E-state index contributed by atoms with van der Waals surface area (Å²) < 4.78 is 5.63. The molecule has 2 atom stereocenters. The molecule has 1 unspecified atom stereocenters. The number of hydrogen-bond donors (Lipinski definition) is 3. The van der Waals surface area contributed by atoms with Gasteiger partial charge in [-0.1, -0.05) is 61.8 Å². The normalized spacial score (nSPS) is 19.3. The molecule has 2 aromatic carbocycles. The van der Waals surface area contributed by atoms with Gasteiger partial charge in [0.05, 0.1) is 17.8 Å². The number of benzene rings is 2. The number of nitrogens with one attached hydrogen (secondary N) is 3. The zero-order valence-electron chi connectivity index (χ0n) is 26.9. The van der Waals surface area contributed by atoms with E-state index in [0.717, 1.165) is 33.6 Å². The lowest BCUT2D eigenvalue weighted by molar-refractivity contribution is -0.140. The summed E-state index contributed by atoms with van der Waals surface area (Å²) in [6, 6.07) is 14.6. The van der Waals surface area contributed by atoms with E-state index in [2.05, 4.69) is 16.0 Å². The van der Waals surface area contributed by atoms with Crippen molar-refractivity contribution in [3.63, 3.8) is 0 Å². The molecule has 0 bridgehead atoms. The van der Waals surface area contributed by atoms with Crippen molar-refractivity contribution in [2.45, 2.75) is 39.8 Å². The Balaban J connectivity index is 1.34. The highest BCUT2D eigenvalue weighted by Gasteiger charge is 2.40. The summed E-state index contributed by atoms with van der Waals surface area (Å²) in [5.74, 6) is -1.50. The molecule has 0 aliphatic carbocycles. The molecular weight excluding hydrogens is 608 g/mol. The van der Waals surface area contributed by atoms with Gasteiger partial charge in [0.2, 0.25) is 23.6 Å². The minimum atomic E-state index is -1.02. The predicted molar refractivity (Wildman–Crippen MR) is 176 cm³/mol. The number of imide groups is 1. The molecule has 46 heavy (non-hydrogen) atoms. The highest BCUT2D eigenvalue weighted by molar-refractivity contribution is 6.36. The number of hydrogen-bond acceptors (Lipinski definition) is 7. The molecule has 2 saturated heterocycles. The molecule has 3 aromatic rings. The number of methoxy groups -OCH3 is 1. The SMILES string of the molecule is COc1nc(-c2cccc(-c3cccc(NC(=O)C4CN(C)C(=O)N(C)C4=O)c3C)c2Cl)ccc1CNC[C@@H]1CC(C)(C)C(=O)N1. The van der Waals surface area contributed by atoms with Crippen LogP contribution >= 0.6 is 11.6 Å². The van der Waals surface area contributed by atoms with E-state index in [1.54, 1.807) is 20.2 Å². The number of halogens is 1. The molecule has 12 heteroatoms. The molecule has 3 heterocycles. The Kier molecular flexibility index (Phi) is 9.37. The molecule has 242 valence electrons. The summed E-state index contributed by atoms with van der Waals surface area (Å²) in [5, 5.41) is 9.81. The number of aromatic nitrogens is 1. The third-order valence-electron chi connectivity index (χ3n) is 8.72. The van der Waals surface area contributed by atoms with Gasteiger partial charge in [-0.2, -0.15) is 0 Å². The fraction of sp³-hybridized carbons (Fsp3) is 0.382. The van der Waals surface area contributed by atoms with E-state index in [1.165, 1.54) is 11.9 Å². The molecule has 0 saturated carbocycles. The van der Waals surface area contributed by atoms with Crippen molar-refractivity contribution < 1.29 is 23.9 Å². The summed E-state index contributed by atoms with van der Waals surface area (Å²) in [7, 11) is 4.50. The monoisotopic (exact) mass is 646 g/mol. The topological polar surface area (TPSA) is 133 Å². The Hall–Kier alpha value is -4.48. The number of carbonyl (C=O) groups is 4. The van der Waals surface area contributed by atoms with Crippen molar-refractivity contribution in [3.05, 3.63) is 64.7 Å². The van der Waals surface area contributed by atoms with E-state index >= 15 is 0 Å². The maximum Gasteiger partial charge on any atom is 0.326 e. The third kappa shape index (κ3) is 6.43. The molecule has 1 aromatic heterocycles. The number of urea groups is 1. The minimum Gasteiger partial charge on any atom is -0.481 e. The number of carbonyl (C=O) groups excluding carboxylic acids is 4. The Morgan fingerprint density at radius 3 is 2.46 bits per heavy atom. The van der Waals surface area contributed by atoms with Crippen molar-refractivity contribution in [1.29, 1.82) is 0 Å². The van der Waals surface area contributed by atoms with Gasteiger partial charge in [0.15, 0.2) is 0 Å². The zero-order valence-corrected chi connectivity index (χ0v) is 27.6. The average molecular weight is 647 g/mol. The van der Waals surface area contributed by atoms with Crippen LogP contribution < -0.4 is 20.7 Å². The molecule has 11 nitrogen and oxygen atoms in total. The molecule has 5 rings (SSSR count). The lowest BCUT2D eigenvalue weighted by Crippen LogP contribution is -2.56. The number of nitrogens with zero attached hydrogens (tertiary/aromatic N) is 3. The van der Waals surface area contributed by atoms with Crippen LogP contribution in [-0.4, -0.2) is 78.9 Å². The van der Waals surface area contributed by atoms with Crippen LogP contribution in [0, 0.1) is 18.3 Å². The van der Waals surface area contributed by atoms with Crippen molar-refractivity contribution in [1.82, 2.24) is 25.4 Å². The predicted octanol–water partition coefficient (Wildman–Crippen LogP) is 4.47. The van der Waals surface area contributed by atoms with Crippen molar-refractivity contribution in [3.8, 4) is 28.3 Å². The Labute approximate surface area is 273 Å². The third-order valence-corrected chi connectivity index (χ3v) is 9.12. The molecule has 0 spiro atoms. The molecule has 5 amide bonds.